The Morgan fingerprint density at radius 1 is 1.30 bits per heavy atom. The van der Waals surface area contributed by atoms with Crippen LogP contribution in [-0.2, 0) is 14.3 Å². The van der Waals surface area contributed by atoms with Crippen molar-refractivity contribution in [3.8, 4) is 0 Å². The van der Waals surface area contributed by atoms with E-state index in [0.717, 1.165) is 6.42 Å². The van der Waals surface area contributed by atoms with E-state index in [2.05, 4.69) is 32.9 Å². The number of esters is 1. The first-order chi connectivity index (χ1) is 9.19. The summed E-state index contributed by atoms with van der Waals surface area (Å²) < 4.78 is 5.61. The molecule has 0 saturated heterocycles. The van der Waals surface area contributed by atoms with Gasteiger partial charge in [0.15, 0.2) is 0 Å². The highest BCUT2D eigenvalue weighted by atomic mass is 16.5. The molecule has 3 aliphatic rings. The lowest BCUT2D eigenvalue weighted by Gasteiger charge is -2.50. The van der Waals surface area contributed by atoms with E-state index in [9.17, 15) is 9.59 Å². The molecule has 3 aliphatic carbocycles. The van der Waals surface area contributed by atoms with Gasteiger partial charge in [-0.2, -0.15) is 0 Å². The maximum atomic E-state index is 12.9. The smallest absolute Gasteiger partial charge is 0.302 e. The van der Waals surface area contributed by atoms with Gasteiger partial charge in [-0.05, 0) is 31.1 Å². The number of rotatable bonds is 1. The van der Waals surface area contributed by atoms with Crippen LogP contribution in [-0.4, -0.2) is 17.9 Å². The van der Waals surface area contributed by atoms with Gasteiger partial charge in [-0.3, -0.25) is 9.59 Å². The van der Waals surface area contributed by atoms with E-state index in [-0.39, 0.29) is 29.3 Å². The van der Waals surface area contributed by atoms with Crippen molar-refractivity contribution in [3.05, 3.63) is 12.2 Å². The predicted molar refractivity (Wildman–Crippen MR) is 75.8 cm³/mol. The summed E-state index contributed by atoms with van der Waals surface area (Å²) in [6.07, 6.45) is 5.10. The highest BCUT2D eigenvalue weighted by Gasteiger charge is 2.68. The molecule has 0 unspecified atom stereocenters. The fourth-order valence-electron chi connectivity index (χ4n) is 5.32. The largest absolute Gasteiger partial charge is 0.462 e. The van der Waals surface area contributed by atoms with E-state index in [1.807, 2.05) is 6.92 Å². The van der Waals surface area contributed by atoms with Gasteiger partial charge >= 0.3 is 5.97 Å². The third-order valence-electron chi connectivity index (χ3n) is 6.05. The zero-order valence-corrected chi connectivity index (χ0v) is 13.0. The average molecular weight is 276 g/mol. The van der Waals surface area contributed by atoms with E-state index in [1.54, 1.807) is 0 Å². The van der Waals surface area contributed by atoms with Crippen LogP contribution in [0.25, 0.3) is 0 Å². The summed E-state index contributed by atoms with van der Waals surface area (Å²) in [6, 6.07) is 0. The Bertz CT molecular complexity index is 504. The molecule has 3 heteroatoms. The molecule has 0 aromatic heterocycles. The van der Waals surface area contributed by atoms with E-state index in [1.165, 1.54) is 6.92 Å². The van der Waals surface area contributed by atoms with Crippen molar-refractivity contribution in [2.24, 2.45) is 34.5 Å². The lowest BCUT2D eigenvalue weighted by Crippen LogP contribution is -2.50. The Hall–Kier alpha value is -1.12. The van der Waals surface area contributed by atoms with E-state index in [4.69, 9.17) is 4.74 Å². The summed E-state index contributed by atoms with van der Waals surface area (Å²) in [5.41, 5.74) is -0.800. The first-order valence-electron chi connectivity index (χ1n) is 7.61. The number of ketones is 1. The van der Waals surface area contributed by atoms with Crippen LogP contribution in [0.1, 0.15) is 41.0 Å². The second-order valence-electron chi connectivity index (χ2n) is 7.68. The molecule has 0 aromatic rings. The zero-order chi connectivity index (χ0) is 14.9. The fourth-order valence-corrected chi connectivity index (χ4v) is 5.32. The van der Waals surface area contributed by atoms with Crippen LogP contribution in [0.4, 0.5) is 0 Å². The molecule has 110 valence electrons. The zero-order valence-electron chi connectivity index (χ0n) is 13.0. The van der Waals surface area contributed by atoms with Gasteiger partial charge in [0.1, 0.15) is 11.9 Å². The average Bonchev–Trinajstić information content (AvgIpc) is 2.43. The van der Waals surface area contributed by atoms with Crippen LogP contribution in [0.3, 0.4) is 0 Å². The number of hydrogen-bond donors (Lipinski definition) is 0. The Morgan fingerprint density at radius 2 is 1.95 bits per heavy atom. The van der Waals surface area contributed by atoms with Crippen LogP contribution in [0.5, 0.6) is 0 Å². The molecular formula is C17H24O3. The van der Waals surface area contributed by atoms with E-state index >= 15 is 0 Å². The summed E-state index contributed by atoms with van der Waals surface area (Å²) in [7, 11) is 0. The number of hydrogen-bond acceptors (Lipinski definition) is 3. The summed E-state index contributed by atoms with van der Waals surface area (Å²) >= 11 is 0. The first-order valence-corrected chi connectivity index (χ1v) is 7.61. The number of allylic oxidation sites excluding steroid dienone is 2. The molecule has 0 amide bonds. The fraction of sp³-hybridized carbons (Fsp3) is 0.765. The van der Waals surface area contributed by atoms with Gasteiger partial charge in [0.05, 0.1) is 5.41 Å². The minimum Gasteiger partial charge on any atom is -0.462 e. The lowest BCUT2D eigenvalue weighted by atomic mass is 9.56. The summed E-state index contributed by atoms with van der Waals surface area (Å²) in [5, 5.41) is 0. The van der Waals surface area contributed by atoms with Crippen LogP contribution in [0.15, 0.2) is 12.2 Å². The number of ether oxygens (including phenoxy) is 1. The second kappa shape index (κ2) is 3.96. The molecule has 0 radical (unpaired) electrons. The predicted octanol–water partition coefficient (Wildman–Crippen LogP) is 2.99. The molecule has 0 N–H and O–H groups in total. The molecule has 3 rings (SSSR count). The van der Waals surface area contributed by atoms with Crippen molar-refractivity contribution in [3.63, 3.8) is 0 Å². The summed E-state index contributed by atoms with van der Waals surface area (Å²) in [5.74, 6) is 1.39. The molecule has 2 saturated carbocycles. The minimum atomic E-state index is -0.467. The van der Waals surface area contributed by atoms with Crippen molar-refractivity contribution >= 4 is 11.8 Å². The van der Waals surface area contributed by atoms with Crippen molar-refractivity contribution in [1.82, 2.24) is 0 Å². The molecule has 0 heterocycles. The second-order valence-corrected chi connectivity index (χ2v) is 7.68. The Balaban J connectivity index is 2.11. The summed E-state index contributed by atoms with van der Waals surface area (Å²) in [6.45, 7) is 9.85. The molecule has 4 bridgehead atoms. The third kappa shape index (κ3) is 1.52. The van der Waals surface area contributed by atoms with Gasteiger partial charge < -0.3 is 4.74 Å². The van der Waals surface area contributed by atoms with Gasteiger partial charge in [-0.15, -0.1) is 0 Å². The highest BCUT2D eigenvalue weighted by molar-refractivity contribution is 5.95. The Morgan fingerprint density at radius 3 is 2.55 bits per heavy atom. The highest BCUT2D eigenvalue weighted by Crippen LogP contribution is 2.65. The maximum absolute atomic E-state index is 12.9. The molecule has 0 aliphatic heterocycles. The molecule has 0 spiro atoms. The first kappa shape index (κ1) is 13.8. The van der Waals surface area contributed by atoms with Gasteiger partial charge in [0, 0.05) is 18.3 Å². The molecule has 0 aromatic carbocycles. The summed E-state index contributed by atoms with van der Waals surface area (Å²) in [4.78, 5) is 24.4. The SMILES string of the molecule is CC(=O)O[C@@H]1C[C@H](C)[C@@H]2C=C[C@@]3(C)C(=O)C(C)(C)[C@@H]2[C@@H]13. The van der Waals surface area contributed by atoms with Crippen molar-refractivity contribution in [2.75, 3.05) is 0 Å². The molecule has 2 fully saturated rings. The van der Waals surface area contributed by atoms with Gasteiger partial charge in [-0.25, -0.2) is 0 Å². The van der Waals surface area contributed by atoms with Gasteiger partial charge in [0.25, 0.3) is 0 Å². The Kier molecular flexibility index (Phi) is 2.74. The van der Waals surface area contributed by atoms with Crippen molar-refractivity contribution < 1.29 is 14.3 Å². The monoisotopic (exact) mass is 276 g/mol. The standard InChI is InChI=1S/C17H24O3/c1-9-8-12(20-10(2)18)14-13-11(9)6-7-17(14,5)15(19)16(13,3)4/h6-7,9,11-14H,8H2,1-5H3/t9-,11-,12+,13-,14+,17+/m0/s1. The van der Waals surface area contributed by atoms with Crippen LogP contribution >= 0.6 is 0 Å². The number of carbonyl (C=O) groups excluding carboxylic acids is 2. The quantitative estimate of drug-likeness (QED) is 0.546. The topological polar surface area (TPSA) is 43.4 Å². The van der Waals surface area contributed by atoms with Crippen LogP contribution in [0, 0.1) is 34.5 Å². The molecule has 20 heavy (non-hydrogen) atoms. The van der Waals surface area contributed by atoms with Gasteiger partial charge in [-0.1, -0.05) is 32.9 Å². The molecule has 6 atom stereocenters. The third-order valence-corrected chi connectivity index (χ3v) is 6.05. The van der Waals surface area contributed by atoms with E-state index < -0.39 is 5.41 Å². The lowest BCUT2D eigenvalue weighted by molar-refractivity contribution is -0.159. The minimum absolute atomic E-state index is 0.121. The normalized spacial score (nSPS) is 48.2. The maximum Gasteiger partial charge on any atom is 0.302 e. The number of Topliss-reactive ketones (excluding diaryl/α,β-unsaturated/α-hetero) is 1. The Labute approximate surface area is 120 Å². The molecular weight excluding hydrogens is 252 g/mol. The van der Waals surface area contributed by atoms with Crippen molar-refractivity contribution in [1.29, 1.82) is 0 Å². The van der Waals surface area contributed by atoms with Crippen molar-refractivity contribution in [2.45, 2.75) is 47.1 Å². The van der Waals surface area contributed by atoms with Crippen LogP contribution in [0.2, 0.25) is 0 Å². The van der Waals surface area contributed by atoms with Gasteiger partial charge in [0.2, 0.25) is 0 Å². The molecule has 3 nitrogen and oxygen atoms in total. The van der Waals surface area contributed by atoms with E-state index in [0.29, 0.717) is 17.6 Å². The van der Waals surface area contributed by atoms with Crippen LogP contribution < -0.4 is 0 Å². The number of carbonyl (C=O) groups is 2.